The number of aromatic nitrogens is 5. The van der Waals surface area contributed by atoms with E-state index in [1.54, 1.807) is 24.4 Å². The molecule has 5 rings (SSSR count). The zero-order valence-electron chi connectivity index (χ0n) is 16.2. The summed E-state index contributed by atoms with van der Waals surface area (Å²) in [7, 11) is 0. The second kappa shape index (κ2) is 8.35. The third-order valence-corrected chi connectivity index (χ3v) is 5.89. The van der Waals surface area contributed by atoms with E-state index in [9.17, 15) is 4.79 Å². The van der Waals surface area contributed by atoms with Gasteiger partial charge in [-0.25, -0.2) is 9.97 Å². The molecule has 3 heterocycles. The van der Waals surface area contributed by atoms with Crippen molar-refractivity contribution in [1.82, 2.24) is 24.7 Å². The molecule has 3 aromatic heterocycles. The maximum Gasteiger partial charge on any atom is 0.277 e. The van der Waals surface area contributed by atoms with E-state index < -0.39 is 5.78 Å². The maximum atomic E-state index is 13.3. The number of carbonyl (C=O) groups excluding carboxylic acids is 1. The minimum atomic E-state index is -0.462. The van der Waals surface area contributed by atoms with E-state index in [1.807, 2.05) is 34.9 Å². The summed E-state index contributed by atoms with van der Waals surface area (Å²) >= 11 is 19.1. The Hall–Kier alpha value is -3.26. The Morgan fingerprint density at radius 3 is 2.69 bits per heavy atom. The van der Waals surface area contributed by atoms with Crippen molar-refractivity contribution in [3.05, 3.63) is 93.2 Å². The van der Waals surface area contributed by atoms with E-state index in [2.05, 4.69) is 20.1 Å². The van der Waals surface area contributed by atoms with Gasteiger partial charge < -0.3 is 9.09 Å². The van der Waals surface area contributed by atoms with Crippen LogP contribution in [0, 0.1) is 0 Å². The largest absolute Gasteiger partial charge is 0.332 e. The quantitative estimate of drug-likeness (QED) is 0.296. The highest BCUT2D eigenvalue weighted by Gasteiger charge is 2.26. The number of halogens is 3. The fraction of sp³-hybridized carbons (Fsp3) is 0.0455. The monoisotopic (exact) mass is 483 g/mol. The zero-order valence-corrected chi connectivity index (χ0v) is 18.4. The van der Waals surface area contributed by atoms with E-state index in [4.69, 9.17) is 39.3 Å². The summed E-state index contributed by atoms with van der Waals surface area (Å²) in [4.78, 5) is 25.5. The molecule has 7 nitrogen and oxygen atoms in total. The summed E-state index contributed by atoms with van der Waals surface area (Å²) in [6, 6.07) is 14.2. The molecule has 0 fully saturated rings. The molecule has 32 heavy (non-hydrogen) atoms. The molecule has 0 amide bonds. The Balaban J connectivity index is 1.58. The highest BCUT2D eigenvalue weighted by molar-refractivity contribution is 6.37. The number of fused-ring (bicyclic) bond motifs is 1. The first-order valence-electron chi connectivity index (χ1n) is 9.38. The number of ketones is 1. The number of hydrogen-bond acceptors (Lipinski definition) is 6. The third-order valence-electron chi connectivity index (χ3n) is 4.91. The van der Waals surface area contributed by atoms with E-state index >= 15 is 0 Å². The molecule has 0 aliphatic heterocycles. The summed E-state index contributed by atoms with van der Waals surface area (Å²) < 4.78 is 7.03. The van der Waals surface area contributed by atoms with Crippen molar-refractivity contribution in [1.29, 1.82) is 0 Å². The van der Waals surface area contributed by atoms with Crippen molar-refractivity contribution in [3.8, 4) is 11.6 Å². The lowest BCUT2D eigenvalue weighted by Gasteiger charge is -2.09. The molecule has 0 aliphatic carbocycles. The second-order valence-corrected chi connectivity index (χ2v) is 8.05. The molecule has 158 valence electrons. The average Bonchev–Trinajstić information content (AvgIpc) is 3.40. The lowest BCUT2D eigenvalue weighted by Crippen LogP contribution is -2.06. The van der Waals surface area contributed by atoms with Gasteiger partial charge in [0.05, 0.1) is 17.6 Å². The summed E-state index contributed by atoms with van der Waals surface area (Å²) in [6.45, 7) is 0.348. The molecule has 0 atom stereocenters. The molecule has 10 heteroatoms. The molecule has 2 aromatic carbocycles. The number of rotatable bonds is 5. The van der Waals surface area contributed by atoms with E-state index in [0.717, 1.165) is 11.1 Å². The Labute approximate surface area is 196 Å². The SMILES string of the molecule is O=C(c1noc(-c2ccncn2)n1)c1c(Cl)n(Cc2ccc(Cl)cc2Cl)c2ccccc12. The minimum Gasteiger partial charge on any atom is -0.332 e. The molecule has 0 saturated heterocycles. The van der Waals surface area contributed by atoms with Crippen LogP contribution in [0.3, 0.4) is 0 Å². The fourth-order valence-electron chi connectivity index (χ4n) is 3.41. The van der Waals surface area contributed by atoms with Crippen LogP contribution in [0.5, 0.6) is 0 Å². The van der Waals surface area contributed by atoms with E-state index in [0.29, 0.717) is 27.7 Å². The number of nitrogens with zero attached hydrogens (tertiary/aromatic N) is 5. The minimum absolute atomic E-state index is 0.114. The Morgan fingerprint density at radius 1 is 1.06 bits per heavy atom. The fourth-order valence-corrected chi connectivity index (χ4v) is 4.22. The topological polar surface area (TPSA) is 86.7 Å². The highest BCUT2D eigenvalue weighted by atomic mass is 35.5. The van der Waals surface area contributed by atoms with Gasteiger partial charge in [-0.1, -0.05) is 64.2 Å². The van der Waals surface area contributed by atoms with Gasteiger partial charge in [0.25, 0.3) is 5.89 Å². The van der Waals surface area contributed by atoms with Gasteiger partial charge in [0.1, 0.15) is 17.2 Å². The molecular weight excluding hydrogens is 473 g/mol. The Morgan fingerprint density at radius 2 is 1.91 bits per heavy atom. The zero-order chi connectivity index (χ0) is 22.2. The van der Waals surface area contributed by atoms with Crippen molar-refractivity contribution >= 4 is 51.5 Å². The number of carbonyl (C=O) groups is 1. The standard InChI is InChI=1S/C22H12Cl3N5O2/c23-13-6-5-12(15(24)9-13)10-30-17-4-2-1-3-14(17)18(20(30)25)19(31)21-28-22(32-29-21)16-7-8-26-11-27-16/h1-9,11H,10H2. The first-order valence-corrected chi connectivity index (χ1v) is 10.5. The van der Waals surface area contributed by atoms with E-state index in [1.165, 1.54) is 6.33 Å². The first kappa shape index (κ1) is 20.6. The van der Waals surface area contributed by atoms with Gasteiger partial charge in [-0.15, -0.1) is 0 Å². The molecule has 5 aromatic rings. The van der Waals surface area contributed by atoms with Crippen molar-refractivity contribution in [3.63, 3.8) is 0 Å². The van der Waals surface area contributed by atoms with Gasteiger partial charge in [0.15, 0.2) is 0 Å². The Bertz CT molecular complexity index is 1460. The normalized spacial score (nSPS) is 11.2. The molecule has 0 unspecified atom stereocenters. The summed E-state index contributed by atoms with van der Waals surface area (Å²) in [6.07, 6.45) is 2.90. The van der Waals surface area contributed by atoms with Crippen LogP contribution in [0.15, 0.2) is 65.6 Å². The van der Waals surface area contributed by atoms with Crippen molar-refractivity contribution in [2.75, 3.05) is 0 Å². The highest BCUT2D eigenvalue weighted by Crippen LogP contribution is 2.33. The second-order valence-electron chi connectivity index (χ2n) is 6.85. The lowest BCUT2D eigenvalue weighted by molar-refractivity contribution is 0.102. The predicted octanol–water partition coefficient (Wildman–Crippen LogP) is 5.72. The van der Waals surface area contributed by atoms with Gasteiger partial charge >= 0.3 is 0 Å². The number of para-hydroxylation sites is 1. The molecular formula is C22H12Cl3N5O2. The molecule has 0 spiro atoms. The predicted molar refractivity (Wildman–Crippen MR) is 121 cm³/mol. The smallest absolute Gasteiger partial charge is 0.277 e. The van der Waals surface area contributed by atoms with Gasteiger partial charge in [-0.2, -0.15) is 4.98 Å². The van der Waals surface area contributed by atoms with Crippen LogP contribution in [0.2, 0.25) is 15.2 Å². The third kappa shape index (κ3) is 3.64. The Kier molecular flexibility index (Phi) is 5.38. The van der Waals surface area contributed by atoms with Crippen LogP contribution >= 0.6 is 34.8 Å². The number of benzene rings is 2. The van der Waals surface area contributed by atoms with Crippen LogP contribution < -0.4 is 0 Å². The van der Waals surface area contributed by atoms with Gasteiger partial charge in [-0.3, -0.25) is 4.79 Å². The van der Waals surface area contributed by atoms with Crippen molar-refractivity contribution in [2.45, 2.75) is 6.54 Å². The molecule has 0 radical (unpaired) electrons. The van der Waals surface area contributed by atoms with Crippen LogP contribution in [-0.4, -0.2) is 30.5 Å². The van der Waals surface area contributed by atoms with Gasteiger partial charge in [0.2, 0.25) is 11.6 Å². The molecule has 0 N–H and O–H groups in total. The van der Waals surface area contributed by atoms with Crippen LogP contribution in [-0.2, 0) is 6.54 Å². The van der Waals surface area contributed by atoms with Crippen LogP contribution in [0.4, 0.5) is 0 Å². The summed E-state index contributed by atoms with van der Waals surface area (Å²) in [5, 5.41) is 5.79. The maximum absolute atomic E-state index is 13.3. The van der Waals surface area contributed by atoms with Crippen molar-refractivity contribution < 1.29 is 9.32 Å². The van der Waals surface area contributed by atoms with Crippen molar-refractivity contribution in [2.24, 2.45) is 0 Å². The van der Waals surface area contributed by atoms with E-state index in [-0.39, 0.29) is 22.4 Å². The van der Waals surface area contributed by atoms with Crippen LogP contribution in [0.1, 0.15) is 21.7 Å². The molecule has 0 aliphatic rings. The summed E-state index contributed by atoms with van der Waals surface area (Å²) in [5.74, 6) is -0.465. The molecule has 0 saturated carbocycles. The lowest BCUT2D eigenvalue weighted by atomic mass is 10.1. The average molecular weight is 485 g/mol. The summed E-state index contributed by atoms with van der Waals surface area (Å²) in [5.41, 5.74) is 2.27. The number of hydrogen-bond donors (Lipinski definition) is 0. The first-order chi connectivity index (χ1) is 15.5. The van der Waals surface area contributed by atoms with Crippen LogP contribution in [0.25, 0.3) is 22.5 Å². The van der Waals surface area contributed by atoms with Gasteiger partial charge in [0, 0.05) is 21.6 Å². The molecule has 0 bridgehead atoms. The van der Waals surface area contributed by atoms with Gasteiger partial charge in [-0.05, 0) is 29.8 Å².